The Hall–Kier alpha value is -0.160. The van der Waals surface area contributed by atoms with Crippen LogP contribution in [-0.2, 0) is 4.74 Å². The Labute approximate surface area is 105 Å². The van der Waals surface area contributed by atoms with Gasteiger partial charge in [-0.25, -0.2) is 0 Å². The van der Waals surface area contributed by atoms with Crippen LogP contribution in [0.2, 0.25) is 0 Å². The maximum Gasteiger partial charge on any atom is 0.0823 e. The summed E-state index contributed by atoms with van der Waals surface area (Å²) in [5.74, 6) is 0. The van der Waals surface area contributed by atoms with Crippen molar-refractivity contribution >= 4 is 0 Å². The summed E-state index contributed by atoms with van der Waals surface area (Å²) in [5.41, 5.74) is 5.77. The molecule has 0 amide bonds. The van der Waals surface area contributed by atoms with E-state index in [0.717, 1.165) is 19.2 Å². The molecule has 0 radical (unpaired) electrons. The van der Waals surface area contributed by atoms with Crippen molar-refractivity contribution in [3.8, 4) is 0 Å². The molecular formula is C13H27N3O. The van der Waals surface area contributed by atoms with Crippen LogP contribution in [-0.4, -0.2) is 67.3 Å². The number of hydrogen-bond acceptors (Lipinski definition) is 4. The maximum absolute atomic E-state index is 5.77. The third-order valence-corrected chi connectivity index (χ3v) is 4.17. The van der Waals surface area contributed by atoms with Crippen molar-refractivity contribution < 1.29 is 4.74 Å². The Morgan fingerprint density at radius 2 is 2.24 bits per heavy atom. The third kappa shape index (κ3) is 3.19. The molecule has 2 N–H and O–H groups in total. The first-order chi connectivity index (χ1) is 8.24. The second-order valence-corrected chi connectivity index (χ2v) is 5.41. The van der Waals surface area contributed by atoms with Crippen molar-refractivity contribution in [2.45, 2.75) is 44.9 Å². The van der Waals surface area contributed by atoms with E-state index in [-0.39, 0.29) is 6.10 Å². The molecule has 0 aliphatic carbocycles. The summed E-state index contributed by atoms with van der Waals surface area (Å²) in [6.07, 6.45) is 2.94. The molecule has 4 heteroatoms. The fraction of sp³-hybridized carbons (Fsp3) is 1.00. The minimum atomic E-state index is 0.204. The molecule has 0 aromatic carbocycles. The Balaban J connectivity index is 1.87. The molecule has 2 heterocycles. The Morgan fingerprint density at radius 1 is 1.41 bits per heavy atom. The van der Waals surface area contributed by atoms with Crippen LogP contribution in [0, 0.1) is 0 Å². The van der Waals surface area contributed by atoms with Crippen LogP contribution >= 0.6 is 0 Å². The number of hydrogen-bond donors (Lipinski definition) is 1. The quantitative estimate of drug-likeness (QED) is 0.762. The van der Waals surface area contributed by atoms with Gasteiger partial charge in [0.25, 0.3) is 0 Å². The highest BCUT2D eigenvalue weighted by molar-refractivity contribution is 4.91. The van der Waals surface area contributed by atoms with E-state index in [1.54, 1.807) is 0 Å². The molecule has 2 aliphatic rings. The molecule has 17 heavy (non-hydrogen) atoms. The van der Waals surface area contributed by atoms with E-state index in [9.17, 15) is 0 Å². The zero-order valence-corrected chi connectivity index (χ0v) is 11.3. The van der Waals surface area contributed by atoms with Gasteiger partial charge in [0.1, 0.15) is 0 Å². The molecule has 2 rings (SSSR count). The lowest BCUT2D eigenvalue weighted by molar-refractivity contribution is -0.00391. The van der Waals surface area contributed by atoms with Crippen molar-refractivity contribution in [1.29, 1.82) is 0 Å². The molecule has 0 bridgehead atoms. The summed E-state index contributed by atoms with van der Waals surface area (Å²) in [6, 6.07) is 1.42. The second-order valence-electron chi connectivity index (χ2n) is 5.41. The SMILES string of the molecule is CCOC(CN)CN1CC2CCCN2CC1C. The first-order valence-electron chi connectivity index (χ1n) is 7.04. The van der Waals surface area contributed by atoms with Gasteiger partial charge in [-0.05, 0) is 33.2 Å². The summed E-state index contributed by atoms with van der Waals surface area (Å²) in [4.78, 5) is 5.22. The van der Waals surface area contributed by atoms with Gasteiger partial charge in [0.15, 0.2) is 0 Å². The average molecular weight is 241 g/mol. The summed E-state index contributed by atoms with van der Waals surface area (Å²) < 4.78 is 5.67. The summed E-state index contributed by atoms with van der Waals surface area (Å²) in [5, 5.41) is 0. The Morgan fingerprint density at radius 3 is 2.94 bits per heavy atom. The summed E-state index contributed by atoms with van der Waals surface area (Å²) in [6.45, 7) is 10.5. The number of fused-ring (bicyclic) bond motifs is 1. The van der Waals surface area contributed by atoms with Crippen molar-refractivity contribution in [3.63, 3.8) is 0 Å². The molecule has 0 aromatic rings. The van der Waals surface area contributed by atoms with Crippen molar-refractivity contribution in [2.75, 3.05) is 39.3 Å². The fourth-order valence-electron chi connectivity index (χ4n) is 3.19. The van der Waals surface area contributed by atoms with Crippen LogP contribution < -0.4 is 5.73 Å². The fourth-order valence-corrected chi connectivity index (χ4v) is 3.19. The van der Waals surface area contributed by atoms with Gasteiger partial charge < -0.3 is 10.5 Å². The molecule has 0 spiro atoms. The first kappa shape index (κ1) is 13.3. The molecular weight excluding hydrogens is 214 g/mol. The van der Waals surface area contributed by atoms with E-state index in [2.05, 4.69) is 16.7 Å². The summed E-state index contributed by atoms with van der Waals surface area (Å²) >= 11 is 0. The molecule has 3 atom stereocenters. The number of rotatable bonds is 5. The molecule has 3 unspecified atom stereocenters. The minimum Gasteiger partial charge on any atom is -0.376 e. The number of ether oxygens (including phenoxy) is 1. The van der Waals surface area contributed by atoms with Crippen LogP contribution in [0.3, 0.4) is 0 Å². The number of piperazine rings is 1. The lowest BCUT2D eigenvalue weighted by Crippen LogP contribution is -2.57. The molecule has 0 aromatic heterocycles. The predicted molar refractivity (Wildman–Crippen MR) is 70.1 cm³/mol. The zero-order valence-electron chi connectivity index (χ0n) is 11.3. The van der Waals surface area contributed by atoms with E-state index < -0.39 is 0 Å². The lowest BCUT2D eigenvalue weighted by atomic mass is 10.1. The van der Waals surface area contributed by atoms with E-state index in [0.29, 0.717) is 12.6 Å². The van der Waals surface area contributed by atoms with Gasteiger partial charge in [-0.15, -0.1) is 0 Å². The van der Waals surface area contributed by atoms with E-state index in [1.807, 2.05) is 6.92 Å². The molecule has 2 fully saturated rings. The topological polar surface area (TPSA) is 41.7 Å². The standard InChI is InChI=1S/C13H27N3O/c1-3-17-13(7-14)10-16-9-12-5-4-6-15(12)8-11(16)2/h11-13H,3-10,14H2,1-2H3. The number of nitrogens with two attached hydrogens (primary N) is 1. The van der Waals surface area contributed by atoms with Crippen molar-refractivity contribution in [3.05, 3.63) is 0 Å². The lowest BCUT2D eigenvalue weighted by Gasteiger charge is -2.43. The third-order valence-electron chi connectivity index (χ3n) is 4.17. The van der Waals surface area contributed by atoms with Crippen LogP contribution in [0.5, 0.6) is 0 Å². The normalized spacial score (nSPS) is 32.6. The molecule has 2 saturated heterocycles. The first-order valence-corrected chi connectivity index (χ1v) is 7.04. The van der Waals surface area contributed by atoms with Gasteiger partial charge in [-0.2, -0.15) is 0 Å². The minimum absolute atomic E-state index is 0.204. The van der Waals surface area contributed by atoms with Gasteiger partial charge in [-0.3, -0.25) is 9.80 Å². The van der Waals surface area contributed by atoms with Crippen LogP contribution in [0.25, 0.3) is 0 Å². The highest BCUT2D eigenvalue weighted by Crippen LogP contribution is 2.24. The maximum atomic E-state index is 5.77. The van der Waals surface area contributed by atoms with E-state index in [4.69, 9.17) is 10.5 Å². The van der Waals surface area contributed by atoms with Gasteiger partial charge in [0, 0.05) is 44.9 Å². The Bertz CT molecular complexity index is 237. The van der Waals surface area contributed by atoms with Crippen LogP contribution in [0.15, 0.2) is 0 Å². The monoisotopic (exact) mass is 241 g/mol. The second kappa shape index (κ2) is 6.14. The largest absolute Gasteiger partial charge is 0.376 e. The molecule has 100 valence electrons. The number of nitrogens with zero attached hydrogens (tertiary/aromatic N) is 2. The molecule has 0 saturated carbocycles. The summed E-state index contributed by atoms with van der Waals surface area (Å²) in [7, 11) is 0. The predicted octanol–water partition coefficient (Wildman–Crippen LogP) is 0.519. The van der Waals surface area contributed by atoms with Gasteiger partial charge in [0.2, 0.25) is 0 Å². The van der Waals surface area contributed by atoms with Gasteiger partial charge in [0.05, 0.1) is 6.10 Å². The van der Waals surface area contributed by atoms with Crippen LogP contribution in [0.1, 0.15) is 26.7 Å². The molecule has 4 nitrogen and oxygen atoms in total. The highest BCUT2D eigenvalue weighted by Gasteiger charge is 2.34. The average Bonchev–Trinajstić information content (AvgIpc) is 2.75. The zero-order chi connectivity index (χ0) is 12.3. The van der Waals surface area contributed by atoms with Crippen molar-refractivity contribution in [1.82, 2.24) is 9.80 Å². The molecule has 2 aliphatic heterocycles. The Kier molecular flexibility index (Phi) is 4.79. The van der Waals surface area contributed by atoms with Crippen LogP contribution in [0.4, 0.5) is 0 Å². The van der Waals surface area contributed by atoms with Gasteiger partial charge in [-0.1, -0.05) is 0 Å². The highest BCUT2D eigenvalue weighted by atomic mass is 16.5. The smallest absolute Gasteiger partial charge is 0.0823 e. The van der Waals surface area contributed by atoms with E-state index >= 15 is 0 Å². The van der Waals surface area contributed by atoms with Crippen molar-refractivity contribution in [2.24, 2.45) is 5.73 Å². The van der Waals surface area contributed by atoms with E-state index in [1.165, 1.54) is 32.5 Å². The van der Waals surface area contributed by atoms with Gasteiger partial charge >= 0.3 is 0 Å².